The van der Waals surface area contributed by atoms with E-state index in [-0.39, 0.29) is 25.0 Å². The lowest BCUT2D eigenvalue weighted by molar-refractivity contribution is -0.0325. The number of hydrogen-bond donors (Lipinski definition) is 3. The van der Waals surface area contributed by atoms with Crippen molar-refractivity contribution >= 4 is 25.5 Å². The third kappa shape index (κ3) is 3.67. The van der Waals surface area contributed by atoms with E-state index >= 15 is 0 Å². The molecule has 0 aliphatic carbocycles. The Morgan fingerprint density at radius 2 is 2.42 bits per heavy atom. The van der Waals surface area contributed by atoms with E-state index in [9.17, 15) is 9.36 Å². The molecule has 2 aliphatic rings. The Hall–Kier alpha value is -0.660. The van der Waals surface area contributed by atoms with Gasteiger partial charge in [0, 0.05) is 6.20 Å². The fraction of sp³-hybridized carbons (Fsp3) is 0.700. The molecule has 0 radical (unpaired) electrons. The van der Waals surface area contributed by atoms with Gasteiger partial charge in [-0.05, 0) is 29.9 Å². The lowest BCUT2D eigenvalue weighted by Crippen LogP contribution is -2.54. The van der Waals surface area contributed by atoms with Crippen LogP contribution in [0.4, 0.5) is 4.79 Å². The minimum absolute atomic E-state index is 0.173. The van der Waals surface area contributed by atoms with Gasteiger partial charge in [-0.2, -0.15) is 0 Å². The van der Waals surface area contributed by atoms with Gasteiger partial charge in [0.05, 0.1) is 6.10 Å². The molecule has 19 heavy (non-hydrogen) atoms. The van der Waals surface area contributed by atoms with Crippen LogP contribution >= 0.6 is 19.5 Å². The number of nitrogens with one attached hydrogen (secondary N) is 1. The molecule has 1 fully saturated rings. The minimum atomic E-state index is -1.92. The van der Waals surface area contributed by atoms with Crippen LogP contribution in [0.2, 0.25) is 0 Å². The number of carbonyl (C=O) groups is 1. The van der Waals surface area contributed by atoms with Gasteiger partial charge in [0.25, 0.3) is 0 Å². The van der Waals surface area contributed by atoms with Crippen molar-refractivity contribution in [3.05, 3.63) is 11.8 Å². The monoisotopic (exact) mass is 306 g/mol. The first-order valence-electron chi connectivity index (χ1n) is 5.94. The molecule has 2 unspecified atom stereocenters. The molecule has 0 bridgehead atoms. The Morgan fingerprint density at radius 1 is 1.68 bits per heavy atom. The Kier molecular flexibility index (Phi) is 4.81. The maximum absolute atomic E-state index is 11.8. The molecule has 0 aromatic carbocycles. The molecule has 2 rings (SSSR count). The van der Waals surface area contributed by atoms with Crippen LogP contribution in [0.3, 0.4) is 0 Å². The summed E-state index contributed by atoms with van der Waals surface area (Å²) in [5, 5.41) is 2.65. The van der Waals surface area contributed by atoms with E-state index in [0.29, 0.717) is 6.42 Å². The highest BCUT2D eigenvalue weighted by molar-refractivity contribution is 8.39. The van der Waals surface area contributed by atoms with Crippen LogP contribution < -0.4 is 11.1 Å². The Morgan fingerprint density at radius 3 is 3.11 bits per heavy atom. The van der Waals surface area contributed by atoms with Gasteiger partial charge >= 0.3 is 13.3 Å². The summed E-state index contributed by atoms with van der Waals surface area (Å²) >= 11 is 3.66. The number of amides is 2. The molecular formula is C10H17N3O4PS+. The zero-order chi connectivity index (χ0) is 14.0. The molecule has 1 saturated heterocycles. The van der Waals surface area contributed by atoms with Gasteiger partial charge in [0.15, 0.2) is 0 Å². The van der Waals surface area contributed by atoms with E-state index in [0.717, 1.165) is 12.0 Å². The predicted molar refractivity (Wildman–Crippen MR) is 72.5 cm³/mol. The molecule has 2 amide bonds. The minimum Gasteiger partial charge on any atom is -0.352 e. The second-order valence-corrected chi connectivity index (χ2v) is 6.24. The highest BCUT2D eigenvalue weighted by Gasteiger charge is 2.35. The Bertz CT molecular complexity index is 420. The van der Waals surface area contributed by atoms with Crippen LogP contribution in [0.5, 0.6) is 0 Å². The van der Waals surface area contributed by atoms with Crippen molar-refractivity contribution in [1.29, 1.82) is 0 Å². The van der Waals surface area contributed by atoms with Crippen LogP contribution in [0.25, 0.3) is 0 Å². The number of nitrogens with two attached hydrogens (primary N) is 1. The summed E-state index contributed by atoms with van der Waals surface area (Å²) in [7, 11) is -1.92. The average molecular weight is 306 g/mol. The van der Waals surface area contributed by atoms with Gasteiger partial charge in [0.1, 0.15) is 31.2 Å². The largest absolute Gasteiger partial charge is 0.582 e. The van der Waals surface area contributed by atoms with Gasteiger partial charge in [-0.1, -0.05) is 0 Å². The molecule has 0 aromatic heterocycles. The maximum Gasteiger partial charge on any atom is 0.582 e. The molecule has 7 nitrogen and oxygen atoms in total. The van der Waals surface area contributed by atoms with E-state index in [2.05, 4.69) is 17.6 Å². The summed E-state index contributed by atoms with van der Waals surface area (Å²) in [6.07, 6.45) is 2.18. The van der Waals surface area contributed by atoms with Gasteiger partial charge in [-0.3, -0.25) is 4.90 Å². The van der Waals surface area contributed by atoms with Crippen LogP contribution in [-0.2, 0) is 13.8 Å². The number of ether oxygens (including phenoxy) is 1. The molecule has 4 atom stereocenters. The second kappa shape index (κ2) is 6.19. The van der Waals surface area contributed by atoms with Crippen LogP contribution in [0.1, 0.15) is 19.8 Å². The topological polar surface area (TPSA) is 93.9 Å². The molecule has 106 valence electrons. The van der Waals surface area contributed by atoms with Gasteiger partial charge in [-0.15, -0.1) is 4.52 Å². The van der Waals surface area contributed by atoms with Crippen molar-refractivity contribution in [2.45, 2.75) is 38.3 Å². The molecule has 2 heterocycles. The fourth-order valence-electron chi connectivity index (χ4n) is 2.05. The lowest BCUT2D eigenvalue weighted by atomic mass is 10.2. The second-order valence-electron chi connectivity index (χ2n) is 4.53. The molecule has 0 saturated carbocycles. The summed E-state index contributed by atoms with van der Waals surface area (Å²) in [6.45, 7) is 2.06. The first kappa shape index (κ1) is 14.7. The molecule has 0 spiro atoms. The predicted octanol–water partition coefficient (Wildman–Crippen LogP) is 1.31. The summed E-state index contributed by atoms with van der Waals surface area (Å²) in [5.74, 6) is 0. The summed E-state index contributed by atoms with van der Waals surface area (Å²) in [6, 6.07) is -0.273. The maximum atomic E-state index is 11.8. The van der Waals surface area contributed by atoms with E-state index in [1.54, 1.807) is 6.20 Å². The van der Waals surface area contributed by atoms with Gasteiger partial charge in [0.2, 0.25) is 0 Å². The van der Waals surface area contributed by atoms with Gasteiger partial charge < -0.3 is 15.8 Å². The number of thiol groups is 1. The fourth-order valence-corrected chi connectivity index (χ4v) is 2.55. The molecule has 9 heteroatoms. The summed E-state index contributed by atoms with van der Waals surface area (Å²) in [5.41, 5.74) is 6.57. The molecule has 2 aliphatic heterocycles. The van der Waals surface area contributed by atoms with Crippen molar-refractivity contribution in [1.82, 2.24) is 10.2 Å². The van der Waals surface area contributed by atoms with E-state index in [1.807, 2.05) is 6.92 Å². The van der Waals surface area contributed by atoms with Crippen LogP contribution in [0, 0.1) is 0 Å². The normalized spacial score (nSPS) is 32.1. The zero-order valence-electron chi connectivity index (χ0n) is 10.5. The Labute approximate surface area is 117 Å². The van der Waals surface area contributed by atoms with E-state index < -0.39 is 13.4 Å². The third-order valence-corrected chi connectivity index (χ3v) is 3.83. The summed E-state index contributed by atoms with van der Waals surface area (Å²) < 4.78 is 21.4. The highest BCUT2D eigenvalue weighted by Crippen LogP contribution is 2.31. The molecule has 3 N–H and O–H groups in total. The highest BCUT2D eigenvalue weighted by atomic mass is 32.7. The number of hydrogen-bond acceptors (Lipinski definition) is 5. The van der Waals surface area contributed by atoms with E-state index in [4.69, 9.17) is 15.0 Å². The number of urea groups is 1. The quantitative estimate of drug-likeness (QED) is 0.538. The molecular weight excluding hydrogens is 289 g/mol. The van der Waals surface area contributed by atoms with E-state index in [1.165, 1.54) is 4.90 Å². The van der Waals surface area contributed by atoms with Crippen molar-refractivity contribution in [2.24, 2.45) is 5.73 Å². The zero-order valence-corrected chi connectivity index (χ0v) is 12.3. The SMILES string of the molecule is CC1=CN([C@H]2CC[C@@H](CO[P+](=O)S)O2)C(=O)NC1N. The van der Waals surface area contributed by atoms with Crippen molar-refractivity contribution in [3.8, 4) is 0 Å². The first-order valence-corrected chi connectivity index (χ1v) is 8.27. The molecule has 0 aromatic rings. The summed E-state index contributed by atoms with van der Waals surface area (Å²) in [4.78, 5) is 13.3. The van der Waals surface area contributed by atoms with Crippen LogP contribution in [0.15, 0.2) is 11.8 Å². The van der Waals surface area contributed by atoms with Crippen molar-refractivity contribution in [3.63, 3.8) is 0 Å². The lowest BCUT2D eigenvalue weighted by Gasteiger charge is -2.32. The van der Waals surface area contributed by atoms with Crippen LogP contribution in [-0.4, -0.2) is 36.0 Å². The van der Waals surface area contributed by atoms with Crippen molar-refractivity contribution in [2.75, 3.05) is 6.61 Å². The Balaban J connectivity index is 1.93. The smallest absolute Gasteiger partial charge is 0.352 e. The standard InChI is InChI=1S/C10H16N3O4PS/c1-6-4-13(10(14)12-9(6)11)8-3-2-7(17-8)5-16-18(15)19/h4,7-9H,2-3,5,11H2,1H3,(H-,12,14,15,19)/p+1/t7-,8+,9?/m0/s1. The van der Waals surface area contributed by atoms with Crippen molar-refractivity contribution < 1.29 is 18.6 Å². The number of carbonyl (C=O) groups excluding carboxylic acids is 1. The van der Waals surface area contributed by atoms with Gasteiger partial charge in [-0.25, -0.2) is 4.79 Å². The average Bonchev–Trinajstić information content (AvgIpc) is 2.80. The third-order valence-electron chi connectivity index (χ3n) is 3.11. The first-order chi connectivity index (χ1) is 8.97. The number of nitrogens with zero attached hydrogens (tertiary/aromatic N) is 1. The number of rotatable bonds is 4.